The minimum atomic E-state index is 0.220. The third-order valence-electron chi connectivity index (χ3n) is 2.88. The van der Waals surface area contributed by atoms with Gasteiger partial charge >= 0.3 is 0 Å². The van der Waals surface area contributed by atoms with Crippen molar-refractivity contribution < 1.29 is 0 Å². The first-order valence-electron chi connectivity index (χ1n) is 6.05. The Bertz CT molecular complexity index is 434. The van der Waals surface area contributed by atoms with E-state index in [1.807, 2.05) is 5.51 Å². The highest BCUT2D eigenvalue weighted by atomic mass is 32.1. The summed E-state index contributed by atoms with van der Waals surface area (Å²) >= 11 is 1.64. The van der Waals surface area contributed by atoms with Crippen molar-refractivity contribution in [2.75, 3.05) is 6.54 Å². The molecule has 0 aliphatic carbocycles. The van der Waals surface area contributed by atoms with Gasteiger partial charge in [-0.25, -0.2) is 4.98 Å². The SMILES string of the molecule is CCNC(c1ccc(CC)cc1)c1cscn1. The van der Waals surface area contributed by atoms with Gasteiger partial charge < -0.3 is 5.32 Å². The number of aromatic nitrogens is 1. The van der Waals surface area contributed by atoms with Gasteiger partial charge in [-0.15, -0.1) is 11.3 Å². The summed E-state index contributed by atoms with van der Waals surface area (Å²) in [6, 6.07) is 9.02. The molecule has 0 saturated heterocycles. The summed E-state index contributed by atoms with van der Waals surface area (Å²) < 4.78 is 0. The number of benzene rings is 1. The van der Waals surface area contributed by atoms with Crippen molar-refractivity contribution in [3.05, 3.63) is 52.0 Å². The van der Waals surface area contributed by atoms with Crippen LogP contribution < -0.4 is 5.32 Å². The fraction of sp³-hybridized carbons (Fsp3) is 0.357. The Hall–Kier alpha value is -1.19. The zero-order valence-electron chi connectivity index (χ0n) is 10.3. The smallest absolute Gasteiger partial charge is 0.0795 e. The lowest BCUT2D eigenvalue weighted by molar-refractivity contribution is 0.618. The Morgan fingerprint density at radius 3 is 2.53 bits per heavy atom. The van der Waals surface area contributed by atoms with E-state index < -0.39 is 0 Å². The molecule has 2 rings (SSSR count). The molecule has 1 aromatic carbocycles. The van der Waals surface area contributed by atoms with Crippen LogP contribution in [0.5, 0.6) is 0 Å². The Labute approximate surface area is 107 Å². The molecular formula is C14H18N2S. The summed E-state index contributed by atoms with van der Waals surface area (Å²) in [5.41, 5.74) is 5.67. The number of hydrogen-bond donors (Lipinski definition) is 1. The normalized spacial score (nSPS) is 12.6. The molecule has 0 saturated carbocycles. The van der Waals surface area contributed by atoms with E-state index in [4.69, 9.17) is 0 Å². The third kappa shape index (κ3) is 2.93. The molecule has 1 unspecified atom stereocenters. The second-order valence-corrected chi connectivity index (χ2v) is 4.72. The fourth-order valence-corrected chi connectivity index (χ4v) is 2.49. The lowest BCUT2D eigenvalue weighted by Gasteiger charge is -2.16. The second-order valence-electron chi connectivity index (χ2n) is 4.00. The zero-order chi connectivity index (χ0) is 12.1. The van der Waals surface area contributed by atoms with Crippen LogP contribution in [0.25, 0.3) is 0 Å². The summed E-state index contributed by atoms with van der Waals surface area (Å²) in [7, 11) is 0. The molecule has 0 aliphatic heterocycles. The highest BCUT2D eigenvalue weighted by Crippen LogP contribution is 2.22. The van der Waals surface area contributed by atoms with Gasteiger partial charge in [-0.3, -0.25) is 0 Å². The van der Waals surface area contributed by atoms with E-state index in [9.17, 15) is 0 Å². The number of aryl methyl sites for hydroxylation is 1. The largest absolute Gasteiger partial charge is 0.305 e. The molecule has 2 aromatic rings. The molecule has 0 bridgehead atoms. The van der Waals surface area contributed by atoms with Gasteiger partial charge in [-0.05, 0) is 24.1 Å². The topological polar surface area (TPSA) is 24.9 Å². The molecule has 0 spiro atoms. The lowest BCUT2D eigenvalue weighted by Crippen LogP contribution is -2.22. The molecule has 1 aromatic heterocycles. The van der Waals surface area contributed by atoms with Crippen LogP contribution in [0, 0.1) is 0 Å². The molecule has 2 nitrogen and oxygen atoms in total. The van der Waals surface area contributed by atoms with E-state index in [0.717, 1.165) is 18.7 Å². The number of nitrogens with one attached hydrogen (secondary N) is 1. The van der Waals surface area contributed by atoms with E-state index in [2.05, 4.69) is 53.8 Å². The zero-order valence-corrected chi connectivity index (χ0v) is 11.1. The van der Waals surface area contributed by atoms with Crippen molar-refractivity contribution in [3.63, 3.8) is 0 Å². The van der Waals surface area contributed by atoms with Crippen LogP contribution in [0.15, 0.2) is 35.2 Å². The molecular weight excluding hydrogens is 228 g/mol. The maximum Gasteiger partial charge on any atom is 0.0795 e. The number of thiazole rings is 1. The maximum atomic E-state index is 4.41. The van der Waals surface area contributed by atoms with Gasteiger partial charge in [0.15, 0.2) is 0 Å². The van der Waals surface area contributed by atoms with E-state index >= 15 is 0 Å². The van der Waals surface area contributed by atoms with Gasteiger partial charge in [0, 0.05) is 5.38 Å². The molecule has 1 heterocycles. The summed E-state index contributed by atoms with van der Waals surface area (Å²) in [5, 5.41) is 5.60. The van der Waals surface area contributed by atoms with Crippen LogP contribution in [0.1, 0.15) is 36.7 Å². The Kier molecular flexibility index (Phi) is 4.29. The average molecular weight is 246 g/mol. The summed E-state index contributed by atoms with van der Waals surface area (Å²) in [4.78, 5) is 4.41. The van der Waals surface area contributed by atoms with Crippen LogP contribution in [-0.2, 0) is 6.42 Å². The van der Waals surface area contributed by atoms with Crippen LogP contribution in [0.4, 0.5) is 0 Å². The van der Waals surface area contributed by atoms with Crippen molar-refractivity contribution >= 4 is 11.3 Å². The van der Waals surface area contributed by atoms with Crippen molar-refractivity contribution in [2.24, 2.45) is 0 Å². The van der Waals surface area contributed by atoms with E-state index in [1.54, 1.807) is 11.3 Å². The van der Waals surface area contributed by atoms with E-state index in [-0.39, 0.29) is 6.04 Å². The van der Waals surface area contributed by atoms with Crippen molar-refractivity contribution in [2.45, 2.75) is 26.3 Å². The highest BCUT2D eigenvalue weighted by molar-refractivity contribution is 7.07. The first-order chi connectivity index (χ1) is 8.35. The van der Waals surface area contributed by atoms with Crippen LogP contribution in [0.3, 0.4) is 0 Å². The van der Waals surface area contributed by atoms with Crippen molar-refractivity contribution in [1.29, 1.82) is 0 Å². The van der Waals surface area contributed by atoms with Crippen molar-refractivity contribution in [1.82, 2.24) is 10.3 Å². The predicted molar refractivity (Wildman–Crippen MR) is 73.5 cm³/mol. The van der Waals surface area contributed by atoms with E-state index in [1.165, 1.54) is 11.1 Å². The highest BCUT2D eigenvalue weighted by Gasteiger charge is 2.14. The predicted octanol–water partition coefficient (Wildman–Crippen LogP) is 3.40. The van der Waals surface area contributed by atoms with E-state index in [0.29, 0.717) is 0 Å². The first-order valence-corrected chi connectivity index (χ1v) is 6.99. The minimum Gasteiger partial charge on any atom is -0.305 e. The molecule has 1 atom stereocenters. The Morgan fingerprint density at radius 2 is 2.00 bits per heavy atom. The Morgan fingerprint density at radius 1 is 1.24 bits per heavy atom. The van der Waals surface area contributed by atoms with Crippen LogP contribution >= 0.6 is 11.3 Å². The van der Waals surface area contributed by atoms with Gasteiger partial charge in [0.25, 0.3) is 0 Å². The quantitative estimate of drug-likeness (QED) is 0.874. The Balaban J connectivity index is 2.26. The number of hydrogen-bond acceptors (Lipinski definition) is 3. The average Bonchev–Trinajstić information content (AvgIpc) is 2.90. The second kappa shape index (κ2) is 5.94. The molecule has 0 amide bonds. The summed E-state index contributed by atoms with van der Waals surface area (Å²) in [6.45, 7) is 5.24. The standard InChI is InChI=1S/C14H18N2S/c1-3-11-5-7-12(8-6-11)14(15-4-2)13-9-17-10-16-13/h5-10,14-15H,3-4H2,1-2H3. The maximum absolute atomic E-state index is 4.41. The third-order valence-corrected chi connectivity index (χ3v) is 3.48. The lowest BCUT2D eigenvalue weighted by atomic mass is 10.0. The molecule has 1 N–H and O–H groups in total. The van der Waals surface area contributed by atoms with Gasteiger partial charge in [0.1, 0.15) is 0 Å². The van der Waals surface area contributed by atoms with Crippen LogP contribution in [0.2, 0.25) is 0 Å². The molecule has 0 fully saturated rings. The van der Waals surface area contributed by atoms with Crippen molar-refractivity contribution in [3.8, 4) is 0 Å². The summed E-state index contributed by atoms with van der Waals surface area (Å²) in [5.74, 6) is 0. The van der Waals surface area contributed by atoms with Gasteiger partial charge in [-0.1, -0.05) is 38.1 Å². The molecule has 0 aliphatic rings. The monoisotopic (exact) mass is 246 g/mol. The van der Waals surface area contributed by atoms with Gasteiger partial charge in [-0.2, -0.15) is 0 Å². The number of nitrogens with zero attached hydrogens (tertiary/aromatic N) is 1. The van der Waals surface area contributed by atoms with Crippen LogP contribution in [-0.4, -0.2) is 11.5 Å². The first kappa shape index (κ1) is 12.3. The minimum absolute atomic E-state index is 0.220. The molecule has 90 valence electrons. The van der Waals surface area contributed by atoms with Gasteiger partial charge in [0.2, 0.25) is 0 Å². The fourth-order valence-electron chi connectivity index (χ4n) is 1.91. The van der Waals surface area contributed by atoms with Gasteiger partial charge in [0.05, 0.1) is 17.2 Å². The molecule has 3 heteroatoms. The number of rotatable bonds is 5. The molecule has 0 radical (unpaired) electrons. The molecule has 17 heavy (non-hydrogen) atoms. The summed E-state index contributed by atoms with van der Waals surface area (Å²) in [6.07, 6.45) is 1.09.